The van der Waals surface area contributed by atoms with Crippen LogP contribution < -0.4 is 5.32 Å². The Hall–Kier alpha value is -1.40. The lowest BCUT2D eigenvalue weighted by atomic mass is 10.1. The Morgan fingerprint density at radius 2 is 1.86 bits per heavy atom. The lowest BCUT2D eigenvalue weighted by molar-refractivity contribution is -0.121. The fraction of sp³-hybridized carbons (Fsp3) is 0.562. The number of sulfonamides is 1. The average molecular weight is 326 g/mol. The Morgan fingerprint density at radius 3 is 2.45 bits per heavy atom. The molecule has 124 valence electrons. The van der Waals surface area contributed by atoms with Crippen molar-refractivity contribution in [1.82, 2.24) is 9.62 Å². The van der Waals surface area contributed by atoms with Crippen molar-refractivity contribution in [2.45, 2.75) is 32.6 Å². The van der Waals surface area contributed by atoms with Gasteiger partial charge in [0.15, 0.2) is 0 Å². The van der Waals surface area contributed by atoms with Gasteiger partial charge in [0.2, 0.25) is 15.9 Å². The first-order chi connectivity index (χ1) is 10.4. The van der Waals surface area contributed by atoms with E-state index in [9.17, 15) is 13.2 Å². The van der Waals surface area contributed by atoms with E-state index in [0.29, 0.717) is 19.5 Å². The average Bonchev–Trinajstić information content (AvgIpc) is 2.46. The Balaban J connectivity index is 2.46. The van der Waals surface area contributed by atoms with Crippen LogP contribution in [0.15, 0.2) is 30.3 Å². The van der Waals surface area contributed by atoms with Crippen LogP contribution in [0.25, 0.3) is 0 Å². The molecule has 0 radical (unpaired) electrons. The van der Waals surface area contributed by atoms with E-state index < -0.39 is 10.0 Å². The molecule has 1 aromatic rings. The SMILES string of the molecule is CCCCNC(=O)CN(CCCc1ccccc1)S(C)(=O)=O. The highest BCUT2D eigenvalue weighted by Gasteiger charge is 2.19. The molecular weight excluding hydrogens is 300 g/mol. The van der Waals surface area contributed by atoms with Crippen molar-refractivity contribution >= 4 is 15.9 Å². The lowest BCUT2D eigenvalue weighted by Crippen LogP contribution is -2.41. The number of hydrogen-bond donors (Lipinski definition) is 1. The van der Waals surface area contributed by atoms with Gasteiger partial charge in [0.05, 0.1) is 12.8 Å². The summed E-state index contributed by atoms with van der Waals surface area (Å²) in [6.45, 7) is 2.89. The molecule has 1 N–H and O–H groups in total. The van der Waals surface area contributed by atoms with Gasteiger partial charge in [-0.3, -0.25) is 4.79 Å². The molecule has 0 atom stereocenters. The zero-order valence-corrected chi connectivity index (χ0v) is 14.2. The predicted octanol–water partition coefficient (Wildman–Crippen LogP) is 1.80. The van der Waals surface area contributed by atoms with Gasteiger partial charge in [0.25, 0.3) is 0 Å². The summed E-state index contributed by atoms with van der Waals surface area (Å²) >= 11 is 0. The third-order valence-corrected chi connectivity index (χ3v) is 4.61. The van der Waals surface area contributed by atoms with Crippen molar-refractivity contribution in [3.05, 3.63) is 35.9 Å². The Kier molecular flexibility index (Phi) is 8.12. The van der Waals surface area contributed by atoms with Crippen LogP contribution in [0.4, 0.5) is 0 Å². The van der Waals surface area contributed by atoms with E-state index in [-0.39, 0.29) is 12.5 Å². The highest BCUT2D eigenvalue weighted by molar-refractivity contribution is 7.88. The van der Waals surface area contributed by atoms with E-state index in [4.69, 9.17) is 0 Å². The van der Waals surface area contributed by atoms with Gasteiger partial charge in [-0.15, -0.1) is 0 Å². The smallest absolute Gasteiger partial charge is 0.235 e. The van der Waals surface area contributed by atoms with E-state index in [1.165, 1.54) is 9.87 Å². The Bertz CT molecular complexity index is 544. The van der Waals surface area contributed by atoms with Crippen molar-refractivity contribution in [2.75, 3.05) is 25.9 Å². The number of amides is 1. The highest BCUT2D eigenvalue weighted by Crippen LogP contribution is 2.06. The van der Waals surface area contributed by atoms with Crippen molar-refractivity contribution in [2.24, 2.45) is 0 Å². The number of unbranched alkanes of at least 4 members (excludes halogenated alkanes) is 1. The van der Waals surface area contributed by atoms with Gasteiger partial charge in [0.1, 0.15) is 0 Å². The number of hydrogen-bond acceptors (Lipinski definition) is 3. The summed E-state index contributed by atoms with van der Waals surface area (Å²) in [5.41, 5.74) is 1.17. The second-order valence-corrected chi connectivity index (χ2v) is 7.37. The van der Waals surface area contributed by atoms with Gasteiger partial charge in [-0.05, 0) is 24.8 Å². The topological polar surface area (TPSA) is 66.5 Å². The highest BCUT2D eigenvalue weighted by atomic mass is 32.2. The summed E-state index contributed by atoms with van der Waals surface area (Å²) in [5, 5.41) is 2.75. The minimum absolute atomic E-state index is 0.0999. The molecule has 1 aromatic carbocycles. The molecule has 1 amide bonds. The summed E-state index contributed by atoms with van der Waals surface area (Å²) < 4.78 is 24.8. The predicted molar refractivity (Wildman–Crippen MR) is 89.1 cm³/mol. The van der Waals surface area contributed by atoms with Crippen molar-refractivity contribution in [3.63, 3.8) is 0 Å². The number of benzene rings is 1. The molecule has 0 saturated carbocycles. The minimum Gasteiger partial charge on any atom is -0.355 e. The molecule has 0 fully saturated rings. The van der Waals surface area contributed by atoms with E-state index in [2.05, 4.69) is 5.32 Å². The van der Waals surface area contributed by atoms with Crippen LogP contribution in [0.2, 0.25) is 0 Å². The first-order valence-corrected chi connectivity index (χ1v) is 9.54. The fourth-order valence-corrected chi connectivity index (χ4v) is 2.90. The number of rotatable bonds is 10. The van der Waals surface area contributed by atoms with Crippen LogP contribution in [0.5, 0.6) is 0 Å². The van der Waals surface area contributed by atoms with Crippen LogP contribution >= 0.6 is 0 Å². The number of aryl methyl sites for hydroxylation is 1. The van der Waals surface area contributed by atoms with Crippen LogP contribution in [0.1, 0.15) is 31.7 Å². The maximum atomic E-state index is 11.8. The monoisotopic (exact) mass is 326 g/mol. The standard InChI is InChI=1S/C16H26N2O3S/c1-3-4-12-17-16(19)14-18(22(2,20)21)13-8-11-15-9-6-5-7-10-15/h5-7,9-10H,3-4,8,11-14H2,1-2H3,(H,17,19). The van der Waals surface area contributed by atoms with Gasteiger partial charge < -0.3 is 5.32 Å². The van der Waals surface area contributed by atoms with Crippen LogP contribution in [0.3, 0.4) is 0 Å². The molecule has 0 aliphatic rings. The second-order valence-electron chi connectivity index (χ2n) is 5.39. The molecule has 5 nitrogen and oxygen atoms in total. The first-order valence-electron chi connectivity index (χ1n) is 7.69. The first kappa shape index (κ1) is 18.6. The van der Waals surface area contributed by atoms with Gasteiger partial charge in [-0.2, -0.15) is 4.31 Å². The number of nitrogens with zero attached hydrogens (tertiary/aromatic N) is 1. The molecule has 22 heavy (non-hydrogen) atoms. The van der Waals surface area contributed by atoms with Crippen LogP contribution in [-0.4, -0.2) is 44.5 Å². The third-order valence-electron chi connectivity index (χ3n) is 3.36. The van der Waals surface area contributed by atoms with Gasteiger partial charge in [-0.1, -0.05) is 43.7 Å². The zero-order chi connectivity index (χ0) is 16.4. The van der Waals surface area contributed by atoms with E-state index in [1.54, 1.807) is 0 Å². The minimum atomic E-state index is -3.37. The van der Waals surface area contributed by atoms with Crippen molar-refractivity contribution in [3.8, 4) is 0 Å². The molecule has 0 aromatic heterocycles. The summed E-state index contributed by atoms with van der Waals surface area (Å²) in [6.07, 6.45) is 4.53. The second kappa shape index (κ2) is 9.58. The van der Waals surface area contributed by atoms with Gasteiger partial charge >= 0.3 is 0 Å². The van der Waals surface area contributed by atoms with Crippen molar-refractivity contribution < 1.29 is 13.2 Å². The van der Waals surface area contributed by atoms with Crippen LogP contribution in [0, 0.1) is 0 Å². The lowest BCUT2D eigenvalue weighted by Gasteiger charge is -2.19. The molecule has 0 aliphatic carbocycles. The molecule has 0 unspecified atom stereocenters. The third kappa shape index (κ3) is 7.56. The maximum absolute atomic E-state index is 11.8. The molecule has 0 heterocycles. The normalized spacial score (nSPS) is 11.6. The Morgan fingerprint density at radius 1 is 1.18 bits per heavy atom. The zero-order valence-electron chi connectivity index (χ0n) is 13.4. The molecule has 6 heteroatoms. The summed E-state index contributed by atoms with van der Waals surface area (Å²) in [6, 6.07) is 9.91. The number of nitrogens with one attached hydrogen (secondary N) is 1. The summed E-state index contributed by atoms with van der Waals surface area (Å²) in [5.74, 6) is -0.237. The van der Waals surface area contributed by atoms with E-state index in [0.717, 1.165) is 25.5 Å². The number of carbonyl (C=O) groups is 1. The molecule has 1 rings (SSSR count). The maximum Gasteiger partial charge on any atom is 0.235 e. The van der Waals surface area contributed by atoms with E-state index in [1.807, 2.05) is 37.3 Å². The largest absolute Gasteiger partial charge is 0.355 e. The molecule has 0 saturated heterocycles. The molecule has 0 bridgehead atoms. The molecule has 0 aliphatic heterocycles. The summed E-state index contributed by atoms with van der Waals surface area (Å²) in [7, 11) is -3.37. The van der Waals surface area contributed by atoms with Gasteiger partial charge in [0, 0.05) is 13.1 Å². The quantitative estimate of drug-likeness (QED) is 0.667. The molecular formula is C16H26N2O3S. The van der Waals surface area contributed by atoms with Gasteiger partial charge in [-0.25, -0.2) is 8.42 Å². The fourth-order valence-electron chi connectivity index (χ4n) is 2.09. The van der Waals surface area contributed by atoms with Crippen LogP contribution in [-0.2, 0) is 21.2 Å². The van der Waals surface area contributed by atoms with E-state index >= 15 is 0 Å². The summed E-state index contributed by atoms with van der Waals surface area (Å²) in [4.78, 5) is 11.8. The number of carbonyl (C=O) groups excluding carboxylic acids is 1. The Labute approximate surface area is 133 Å². The van der Waals surface area contributed by atoms with Crippen molar-refractivity contribution in [1.29, 1.82) is 0 Å². The molecule has 0 spiro atoms.